The maximum absolute atomic E-state index is 13.4. The molecule has 2 aliphatic rings. The lowest BCUT2D eigenvalue weighted by atomic mass is 9.82. The zero-order valence-corrected chi connectivity index (χ0v) is 18.8. The van der Waals surface area contributed by atoms with Gasteiger partial charge in [0.25, 0.3) is 5.56 Å². The van der Waals surface area contributed by atoms with Crippen molar-refractivity contribution in [2.75, 3.05) is 32.1 Å². The molecule has 1 fully saturated rings. The molecule has 0 amide bonds. The van der Waals surface area contributed by atoms with Crippen molar-refractivity contribution >= 4 is 5.69 Å². The summed E-state index contributed by atoms with van der Waals surface area (Å²) in [6.45, 7) is 6.25. The van der Waals surface area contributed by atoms with Crippen molar-refractivity contribution < 1.29 is 4.90 Å². The Bertz CT molecular complexity index is 1150. The van der Waals surface area contributed by atoms with E-state index in [0.717, 1.165) is 42.9 Å². The highest BCUT2D eigenvalue weighted by Gasteiger charge is 2.37. The van der Waals surface area contributed by atoms with E-state index in [1.165, 1.54) is 23.4 Å². The number of quaternary nitrogens is 1. The number of nitrogens with one attached hydrogen (secondary N) is 1. The van der Waals surface area contributed by atoms with Gasteiger partial charge in [0.1, 0.15) is 6.54 Å². The second kappa shape index (κ2) is 8.01. The van der Waals surface area contributed by atoms with Crippen LogP contribution in [0.4, 0.5) is 5.69 Å². The second-order valence-electron chi connectivity index (χ2n) is 9.60. The molecule has 0 radical (unpaired) electrons. The van der Waals surface area contributed by atoms with Crippen molar-refractivity contribution in [3.05, 3.63) is 87.8 Å². The predicted octanol–water partition coefficient (Wildman–Crippen LogP) is 3.09. The summed E-state index contributed by atoms with van der Waals surface area (Å²) in [6.07, 6.45) is 1.21. The number of anilines is 1. The van der Waals surface area contributed by atoms with E-state index < -0.39 is 0 Å². The molecule has 3 heterocycles. The summed E-state index contributed by atoms with van der Waals surface area (Å²) in [5, 5.41) is 0. The van der Waals surface area contributed by atoms with Crippen LogP contribution in [0.3, 0.4) is 0 Å². The number of hydrogen-bond donors (Lipinski definition) is 1. The predicted molar refractivity (Wildman–Crippen MR) is 127 cm³/mol. The van der Waals surface area contributed by atoms with Gasteiger partial charge < -0.3 is 14.4 Å². The number of rotatable bonds is 4. The number of benzene rings is 2. The molecule has 2 aliphatic heterocycles. The minimum absolute atomic E-state index is 0.184. The molecule has 0 saturated carbocycles. The maximum Gasteiger partial charge on any atom is 0.258 e. The van der Waals surface area contributed by atoms with E-state index in [1.807, 2.05) is 12.1 Å². The van der Waals surface area contributed by atoms with Gasteiger partial charge >= 0.3 is 0 Å². The Balaban J connectivity index is 1.39. The Hall–Kier alpha value is -2.85. The van der Waals surface area contributed by atoms with Crippen molar-refractivity contribution in [1.82, 2.24) is 4.57 Å². The average molecular weight is 415 g/mol. The minimum Gasteiger partial charge on any atom is -0.378 e. The molecular formula is C27H32N3O+. The van der Waals surface area contributed by atoms with Gasteiger partial charge in [-0.3, -0.25) is 4.79 Å². The molecule has 1 N–H and O–H groups in total. The van der Waals surface area contributed by atoms with Gasteiger partial charge in [-0.1, -0.05) is 36.4 Å². The lowest BCUT2D eigenvalue weighted by Gasteiger charge is -2.40. The van der Waals surface area contributed by atoms with Crippen LogP contribution >= 0.6 is 0 Å². The fourth-order valence-electron chi connectivity index (χ4n) is 5.59. The van der Waals surface area contributed by atoms with Crippen molar-refractivity contribution in [2.24, 2.45) is 5.92 Å². The van der Waals surface area contributed by atoms with Crippen LogP contribution in [0.15, 0.2) is 65.5 Å². The summed E-state index contributed by atoms with van der Waals surface area (Å²) in [6, 6.07) is 21.4. The molecule has 5 rings (SSSR count). The normalized spacial score (nSPS) is 22.1. The number of aromatic nitrogens is 1. The zero-order valence-electron chi connectivity index (χ0n) is 18.8. The van der Waals surface area contributed by atoms with Crippen LogP contribution in [0.5, 0.6) is 0 Å². The molecule has 2 bridgehead atoms. The monoisotopic (exact) mass is 414 g/mol. The smallest absolute Gasteiger partial charge is 0.258 e. The van der Waals surface area contributed by atoms with E-state index in [0.29, 0.717) is 11.8 Å². The SMILES string of the molecule is Cc1ccccc1-c1ccc2n(c1=O)C[C@H]1C[C@@H]2C[NH+](Cc2ccc(N(C)C)cc2)C1. The minimum atomic E-state index is 0.184. The molecule has 3 atom stereocenters. The van der Waals surface area contributed by atoms with E-state index >= 15 is 0 Å². The van der Waals surface area contributed by atoms with Crippen LogP contribution in [0.1, 0.15) is 29.2 Å². The highest BCUT2D eigenvalue weighted by molar-refractivity contribution is 5.66. The van der Waals surface area contributed by atoms with Gasteiger partial charge in [0, 0.05) is 55.0 Å². The number of nitrogens with zero attached hydrogens (tertiary/aromatic N) is 2. The van der Waals surface area contributed by atoms with Gasteiger partial charge in [-0.15, -0.1) is 0 Å². The molecule has 4 heteroatoms. The number of aryl methyl sites for hydroxylation is 1. The second-order valence-corrected chi connectivity index (χ2v) is 9.60. The quantitative estimate of drug-likeness (QED) is 0.711. The summed E-state index contributed by atoms with van der Waals surface area (Å²) in [5.41, 5.74) is 7.12. The number of hydrogen-bond acceptors (Lipinski definition) is 2. The van der Waals surface area contributed by atoms with Gasteiger partial charge in [0.05, 0.1) is 13.1 Å². The fraction of sp³-hybridized carbons (Fsp3) is 0.370. The molecule has 1 saturated heterocycles. The van der Waals surface area contributed by atoms with Crippen molar-refractivity contribution in [3.63, 3.8) is 0 Å². The summed E-state index contributed by atoms with van der Waals surface area (Å²) in [5.74, 6) is 1.05. The highest BCUT2D eigenvalue weighted by Crippen LogP contribution is 2.32. The highest BCUT2D eigenvalue weighted by atomic mass is 16.1. The number of likely N-dealkylation sites (tertiary alicyclic amines) is 1. The lowest BCUT2D eigenvalue weighted by molar-refractivity contribution is -0.924. The third-order valence-electron chi connectivity index (χ3n) is 7.14. The first-order chi connectivity index (χ1) is 15.0. The average Bonchev–Trinajstić information content (AvgIpc) is 2.75. The van der Waals surface area contributed by atoms with Crippen molar-refractivity contribution in [2.45, 2.75) is 32.4 Å². The molecule has 0 spiro atoms. The van der Waals surface area contributed by atoms with Crippen LogP contribution < -0.4 is 15.4 Å². The largest absolute Gasteiger partial charge is 0.378 e. The topological polar surface area (TPSA) is 29.7 Å². The molecule has 1 aromatic heterocycles. The Morgan fingerprint density at radius 1 is 0.968 bits per heavy atom. The maximum atomic E-state index is 13.4. The number of pyridine rings is 1. The summed E-state index contributed by atoms with van der Waals surface area (Å²) < 4.78 is 2.09. The van der Waals surface area contributed by atoms with E-state index in [9.17, 15) is 4.79 Å². The van der Waals surface area contributed by atoms with Crippen LogP contribution in [0.2, 0.25) is 0 Å². The van der Waals surface area contributed by atoms with Crippen LogP contribution in [0, 0.1) is 12.8 Å². The van der Waals surface area contributed by atoms with E-state index in [2.05, 4.69) is 79.0 Å². The summed E-state index contributed by atoms with van der Waals surface area (Å²) >= 11 is 0. The van der Waals surface area contributed by atoms with Crippen LogP contribution in [-0.4, -0.2) is 31.8 Å². The van der Waals surface area contributed by atoms with E-state index in [-0.39, 0.29) is 5.56 Å². The Morgan fingerprint density at radius 3 is 2.48 bits per heavy atom. The van der Waals surface area contributed by atoms with Crippen molar-refractivity contribution in [3.8, 4) is 11.1 Å². The molecule has 31 heavy (non-hydrogen) atoms. The molecular weight excluding hydrogens is 382 g/mol. The third kappa shape index (κ3) is 3.81. The Labute approximate surface area is 184 Å². The van der Waals surface area contributed by atoms with Gasteiger partial charge in [-0.25, -0.2) is 0 Å². The molecule has 1 unspecified atom stereocenters. The van der Waals surface area contributed by atoms with Gasteiger partial charge in [-0.2, -0.15) is 0 Å². The molecule has 3 aromatic rings. The lowest BCUT2D eigenvalue weighted by Crippen LogP contribution is -3.13. The Morgan fingerprint density at radius 2 is 1.74 bits per heavy atom. The van der Waals surface area contributed by atoms with Gasteiger partial charge in [0.15, 0.2) is 0 Å². The first-order valence-corrected chi connectivity index (χ1v) is 11.4. The molecule has 160 valence electrons. The standard InChI is InChI=1S/C27H31N3O/c1-19-6-4-5-7-24(19)25-12-13-26-22-14-21(17-30(26)27(25)31)16-29(18-22)15-20-8-10-23(11-9-20)28(2)3/h4-13,21-22H,14-18H2,1-3H3/p+1/t21-,22+/m0/s1. The van der Waals surface area contributed by atoms with E-state index in [4.69, 9.17) is 0 Å². The molecule has 2 aromatic carbocycles. The van der Waals surface area contributed by atoms with Crippen LogP contribution in [0.25, 0.3) is 11.1 Å². The van der Waals surface area contributed by atoms with Gasteiger partial charge in [0.2, 0.25) is 0 Å². The first-order valence-electron chi connectivity index (χ1n) is 11.4. The first kappa shape index (κ1) is 20.1. The molecule has 0 aliphatic carbocycles. The Kier molecular flexibility index (Phi) is 5.19. The van der Waals surface area contributed by atoms with Gasteiger partial charge in [-0.05, 0) is 48.7 Å². The number of fused-ring (bicyclic) bond motifs is 4. The van der Waals surface area contributed by atoms with Crippen LogP contribution in [-0.2, 0) is 13.1 Å². The number of piperidine rings is 1. The third-order valence-corrected chi connectivity index (χ3v) is 7.14. The van der Waals surface area contributed by atoms with Crippen molar-refractivity contribution in [1.29, 1.82) is 0 Å². The zero-order chi connectivity index (χ0) is 21.5. The molecule has 4 nitrogen and oxygen atoms in total. The fourth-order valence-corrected chi connectivity index (χ4v) is 5.59. The van der Waals surface area contributed by atoms with E-state index in [1.54, 1.807) is 4.90 Å². The summed E-state index contributed by atoms with van der Waals surface area (Å²) in [7, 11) is 4.16. The summed E-state index contributed by atoms with van der Waals surface area (Å²) in [4.78, 5) is 17.2.